The normalized spacial score (nSPS) is 12.0. The Balaban J connectivity index is 1.44. The number of amides is 1. The average molecular weight is 485 g/mol. The number of carbonyl (C=O) groups excluding carboxylic acids is 2. The first-order valence-electron chi connectivity index (χ1n) is 11.1. The second kappa shape index (κ2) is 9.24. The van der Waals surface area contributed by atoms with Gasteiger partial charge in [0.1, 0.15) is 5.52 Å². The fraction of sp³-hybridized carbons (Fsp3) is 0.107. The lowest BCUT2D eigenvalue weighted by molar-refractivity contribution is -0.123. The summed E-state index contributed by atoms with van der Waals surface area (Å²) < 4.78 is 11.5. The molecule has 5 aromatic rings. The predicted octanol–water partition coefficient (Wildman–Crippen LogP) is 6.79. The molecule has 5 rings (SSSR count). The molecule has 1 amide bonds. The molecule has 7 heteroatoms. The molecular weight excluding hydrogens is 464 g/mol. The number of nitrogens with zero attached hydrogens (tertiary/aromatic N) is 1. The number of halogens is 1. The molecule has 0 fully saturated rings. The second-order valence-electron chi connectivity index (χ2n) is 8.20. The Kier molecular flexibility index (Phi) is 5.97. The number of hydrogen-bond acceptors (Lipinski definition) is 5. The molecule has 0 bridgehead atoms. The molecule has 35 heavy (non-hydrogen) atoms. The van der Waals surface area contributed by atoms with E-state index in [0.29, 0.717) is 38.7 Å². The van der Waals surface area contributed by atoms with Crippen LogP contribution in [0.1, 0.15) is 22.8 Å². The third-order valence-corrected chi connectivity index (χ3v) is 6.15. The van der Waals surface area contributed by atoms with Crippen molar-refractivity contribution in [1.82, 2.24) is 4.98 Å². The van der Waals surface area contributed by atoms with Crippen LogP contribution in [0.15, 0.2) is 83.3 Å². The number of aryl methyl sites for hydroxylation is 1. The zero-order valence-corrected chi connectivity index (χ0v) is 19.8. The van der Waals surface area contributed by atoms with Gasteiger partial charge < -0.3 is 14.5 Å². The summed E-state index contributed by atoms with van der Waals surface area (Å²) >= 11 is 6.14. The lowest BCUT2D eigenvalue weighted by atomic mass is 9.99. The highest BCUT2D eigenvalue weighted by atomic mass is 35.5. The first-order valence-corrected chi connectivity index (χ1v) is 11.4. The fourth-order valence-electron chi connectivity index (χ4n) is 3.87. The molecule has 0 saturated carbocycles. The molecular formula is C28H21ClN2O4. The van der Waals surface area contributed by atoms with Gasteiger partial charge in [-0.15, -0.1) is 0 Å². The molecule has 0 aliphatic rings. The lowest BCUT2D eigenvalue weighted by Crippen LogP contribution is -2.30. The number of para-hydroxylation sites is 2. The van der Waals surface area contributed by atoms with Gasteiger partial charge in [-0.1, -0.05) is 54.1 Å². The van der Waals surface area contributed by atoms with Gasteiger partial charge in [-0.25, -0.2) is 9.78 Å². The third kappa shape index (κ3) is 4.48. The Morgan fingerprint density at radius 1 is 1.00 bits per heavy atom. The summed E-state index contributed by atoms with van der Waals surface area (Å²) in [7, 11) is 0. The van der Waals surface area contributed by atoms with Gasteiger partial charge in [0.25, 0.3) is 5.91 Å². The van der Waals surface area contributed by atoms with Crippen molar-refractivity contribution < 1.29 is 18.7 Å². The number of oxazole rings is 1. The van der Waals surface area contributed by atoms with Gasteiger partial charge in [-0.05, 0) is 61.2 Å². The van der Waals surface area contributed by atoms with Crippen LogP contribution in [-0.2, 0) is 9.53 Å². The largest absolute Gasteiger partial charge is 0.449 e. The highest BCUT2D eigenvalue weighted by Crippen LogP contribution is 2.33. The van der Waals surface area contributed by atoms with E-state index in [0.717, 1.165) is 16.5 Å². The molecule has 1 atom stereocenters. The Bertz CT molecular complexity index is 1550. The first-order chi connectivity index (χ1) is 16.9. The van der Waals surface area contributed by atoms with Crippen LogP contribution in [0.2, 0.25) is 5.02 Å². The van der Waals surface area contributed by atoms with Crippen molar-refractivity contribution in [2.45, 2.75) is 20.0 Å². The van der Waals surface area contributed by atoms with Gasteiger partial charge in [0.15, 0.2) is 11.7 Å². The van der Waals surface area contributed by atoms with Gasteiger partial charge in [-0.2, -0.15) is 0 Å². The molecule has 1 unspecified atom stereocenters. The predicted molar refractivity (Wildman–Crippen MR) is 137 cm³/mol. The van der Waals surface area contributed by atoms with Crippen molar-refractivity contribution in [2.75, 3.05) is 5.32 Å². The average Bonchev–Trinajstić information content (AvgIpc) is 3.29. The van der Waals surface area contributed by atoms with Crippen LogP contribution in [0.5, 0.6) is 0 Å². The summed E-state index contributed by atoms with van der Waals surface area (Å²) in [4.78, 5) is 30.5. The van der Waals surface area contributed by atoms with E-state index in [1.807, 2.05) is 55.5 Å². The van der Waals surface area contributed by atoms with E-state index in [-0.39, 0.29) is 0 Å². The topological polar surface area (TPSA) is 81.4 Å². The number of carbonyl (C=O) groups is 2. The molecule has 4 aromatic carbocycles. The van der Waals surface area contributed by atoms with Crippen molar-refractivity contribution in [3.63, 3.8) is 0 Å². The SMILES string of the molecule is Cc1ccc(NC(=O)C(C)OC(=O)c2cccc3cccc(-c4nc5ccccc5o4)c23)cc1Cl. The maximum absolute atomic E-state index is 13.2. The molecule has 0 saturated heterocycles. The maximum Gasteiger partial charge on any atom is 0.339 e. The van der Waals surface area contributed by atoms with Crippen LogP contribution >= 0.6 is 11.6 Å². The number of hydrogen-bond donors (Lipinski definition) is 1. The van der Waals surface area contributed by atoms with E-state index in [9.17, 15) is 9.59 Å². The Hall–Kier alpha value is -4.16. The minimum Gasteiger partial charge on any atom is -0.449 e. The van der Waals surface area contributed by atoms with Crippen LogP contribution in [0, 0.1) is 6.92 Å². The molecule has 0 aliphatic carbocycles. The Morgan fingerprint density at radius 3 is 2.54 bits per heavy atom. The minimum atomic E-state index is -1.03. The van der Waals surface area contributed by atoms with E-state index in [4.69, 9.17) is 20.8 Å². The number of rotatable bonds is 5. The number of nitrogens with one attached hydrogen (secondary N) is 1. The highest BCUT2D eigenvalue weighted by Gasteiger charge is 2.23. The summed E-state index contributed by atoms with van der Waals surface area (Å²) in [5.41, 5.74) is 3.78. The van der Waals surface area contributed by atoms with Crippen molar-refractivity contribution in [2.24, 2.45) is 0 Å². The van der Waals surface area contributed by atoms with E-state index in [1.165, 1.54) is 6.92 Å². The summed E-state index contributed by atoms with van der Waals surface area (Å²) in [5.74, 6) is -0.680. The molecule has 1 aromatic heterocycles. The van der Waals surface area contributed by atoms with Crippen molar-refractivity contribution in [3.05, 3.63) is 95.0 Å². The number of benzene rings is 4. The van der Waals surface area contributed by atoms with E-state index in [2.05, 4.69) is 10.3 Å². The summed E-state index contributed by atoms with van der Waals surface area (Å²) in [6.45, 7) is 3.40. The van der Waals surface area contributed by atoms with Crippen LogP contribution < -0.4 is 5.32 Å². The van der Waals surface area contributed by atoms with Crippen LogP contribution in [0.4, 0.5) is 5.69 Å². The quantitative estimate of drug-likeness (QED) is 0.277. The highest BCUT2D eigenvalue weighted by molar-refractivity contribution is 6.31. The van der Waals surface area contributed by atoms with Gasteiger partial charge in [0.2, 0.25) is 5.89 Å². The Labute approximate surface area is 206 Å². The minimum absolute atomic E-state index is 0.318. The number of aromatic nitrogens is 1. The van der Waals surface area contributed by atoms with Crippen molar-refractivity contribution >= 4 is 51.0 Å². The number of anilines is 1. The molecule has 1 N–H and O–H groups in total. The van der Waals surface area contributed by atoms with Gasteiger partial charge >= 0.3 is 5.97 Å². The summed E-state index contributed by atoms with van der Waals surface area (Å²) in [6, 6.07) is 23.6. The van der Waals surface area contributed by atoms with Gasteiger partial charge in [0.05, 0.1) is 5.56 Å². The lowest BCUT2D eigenvalue weighted by Gasteiger charge is -2.15. The van der Waals surface area contributed by atoms with E-state index >= 15 is 0 Å². The molecule has 0 aliphatic heterocycles. The molecule has 0 radical (unpaired) electrons. The van der Waals surface area contributed by atoms with Crippen molar-refractivity contribution in [3.8, 4) is 11.5 Å². The van der Waals surface area contributed by atoms with E-state index < -0.39 is 18.0 Å². The molecule has 0 spiro atoms. The number of esters is 1. The second-order valence-corrected chi connectivity index (χ2v) is 8.60. The zero-order chi connectivity index (χ0) is 24.5. The van der Waals surface area contributed by atoms with Gasteiger partial charge in [-0.3, -0.25) is 4.79 Å². The van der Waals surface area contributed by atoms with Crippen molar-refractivity contribution in [1.29, 1.82) is 0 Å². The monoisotopic (exact) mass is 484 g/mol. The fourth-order valence-corrected chi connectivity index (χ4v) is 4.05. The molecule has 6 nitrogen and oxygen atoms in total. The summed E-state index contributed by atoms with van der Waals surface area (Å²) in [6.07, 6.45) is -1.03. The van der Waals surface area contributed by atoms with E-state index in [1.54, 1.807) is 30.3 Å². The van der Waals surface area contributed by atoms with Gasteiger partial charge in [0, 0.05) is 21.7 Å². The standard InChI is InChI=1S/C28H21ClN2O4/c1-16-13-14-19(15-22(16)29)30-26(32)17(2)34-28(33)21-10-6-8-18-7-5-9-20(25(18)21)27-31-23-11-3-4-12-24(23)35-27/h3-15,17H,1-2H3,(H,30,32). The maximum atomic E-state index is 13.2. The first kappa shape index (κ1) is 22.6. The number of ether oxygens (including phenoxy) is 1. The third-order valence-electron chi connectivity index (χ3n) is 5.74. The summed E-state index contributed by atoms with van der Waals surface area (Å²) in [5, 5.41) is 4.73. The zero-order valence-electron chi connectivity index (χ0n) is 19.0. The Morgan fingerprint density at radius 2 is 1.77 bits per heavy atom. The van der Waals surface area contributed by atoms with Crippen LogP contribution in [0.25, 0.3) is 33.3 Å². The number of fused-ring (bicyclic) bond motifs is 2. The van der Waals surface area contributed by atoms with Crippen LogP contribution in [0.3, 0.4) is 0 Å². The smallest absolute Gasteiger partial charge is 0.339 e. The molecule has 174 valence electrons. The van der Waals surface area contributed by atoms with Crippen LogP contribution in [-0.4, -0.2) is 23.0 Å². The molecule has 1 heterocycles.